The Bertz CT molecular complexity index is 519. The molecule has 2 N–H and O–H groups in total. The first-order chi connectivity index (χ1) is 10.1. The normalized spacial score (nSPS) is 16.0. The van der Waals surface area contributed by atoms with Gasteiger partial charge in [0.2, 0.25) is 0 Å². The van der Waals surface area contributed by atoms with E-state index >= 15 is 0 Å². The molecule has 0 amide bonds. The third-order valence-electron chi connectivity index (χ3n) is 3.63. The van der Waals surface area contributed by atoms with Crippen molar-refractivity contribution in [2.75, 3.05) is 12.3 Å². The van der Waals surface area contributed by atoms with Crippen molar-refractivity contribution in [2.24, 2.45) is 0 Å². The summed E-state index contributed by atoms with van der Waals surface area (Å²) in [5.41, 5.74) is 0.935. The average Bonchev–Trinajstić information content (AvgIpc) is 2.90. The maximum Gasteiger partial charge on any atom is 0.134 e. The molecule has 3 unspecified atom stereocenters. The number of aliphatic hydroxyl groups excluding tert-OH is 1. The van der Waals surface area contributed by atoms with Gasteiger partial charge in [-0.05, 0) is 32.0 Å². The van der Waals surface area contributed by atoms with Crippen molar-refractivity contribution < 1.29 is 9.52 Å². The van der Waals surface area contributed by atoms with Gasteiger partial charge >= 0.3 is 0 Å². The second-order valence-electron chi connectivity index (χ2n) is 5.47. The molecule has 0 aliphatic carbocycles. The summed E-state index contributed by atoms with van der Waals surface area (Å²) < 4.78 is 5.98. The van der Waals surface area contributed by atoms with E-state index < -0.39 is 0 Å². The lowest BCUT2D eigenvalue weighted by atomic mass is 10.2. The molecule has 1 aromatic carbocycles. The van der Waals surface area contributed by atoms with Crippen LogP contribution in [0.5, 0.6) is 0 Å². The highest BCUT2D eigenvalue weighted by Crippen LogP contribution is 2.28. The largest absolute Gasteiger partial charge is 0.459 e. The van der Waals surface area contributed by atoms with Crippen molar-refractivity contribution in [1.82, 2.24) is 5.32 Å². The molecule has 0 bridgehead atoms. The molecule has 0 aliphatic heterocycles. The van der Waals surface area contributed by atoms with Crippen LogP contribution in [0.3, 0.4) is 0 Å². The number of furan rings is 1. The number of para-hydroxylation sites is 1. The summed E-state index contributed by atoms with van der Waals surface area (Å²) in [4.78, 5) is 0. The lowest BCUT2D eigenvalue weighted by Gasteiger charge is -2.20. The van der Waals surface area contributed by atoms with E-state index in [4.69, 9.17) is 4.42 Å². The van der Waals surface area contributed by atoms with E-state index in [0.717, 1.165) is 35.4 Å². The Morgan fingerprint density at radius 2 is 2.05 bits per heavy atom. The van der Waals surface area contributed by atoms with E-state index in [1.54, 1.807) is 11.8 Å². The fraction of sp³-hybridized carbons (Fsp3) is 0.529. The molecule has 0 aliphatic rings. The molecule has 2 aromatic rings. The van der Waals surface area contributed by atoms with Crippen LogP contribution < -0.4 is 5.32 Å². The number of hydrogen-bond acceptors (Lipinski definition) is 4. The maximum atomic E-state index is 9.63. The van der Waals surface area contributed by atoms with Crippen molar-refractivity contribution in [3.05, 3.63) is 36.1 Å². The fourth-order valence-electron chi connectivity index (χ4n) is 2.12. The summed E-state index contributed by atoms with van der Waals surface area (Å²) in [7, 11) is 0. The topological polar surface area (TPSA) is 45.4 Å². The Morgan fingerprint density at radius 1 is 1.29 bits per heavy atom. The van der Waals surface area contributed by atoms with Crippen LogP contribution in [0.25, 0.3) is 11.0 Å². The van der Waals surface area contributed by atoms with Crippen LogP contribution in [0.1, 0.15) is 39.0 Å². The number of rotatable bonds is 8. The van der Waals surface area contributed by atoms with Crippen LogP contribution in [-0.2, 0) is 0 Å². The highest BCUT2D eigenvalue weighted by molar-refractivity contribution is 7.99. The zero-order valence-electron chi connectivity index (χ0n) is 13.0. The van der Waals surface area contributed by atoms with E-state index in [0.29, 0.717) is 0 Å². The summed E-state index contributed by atoms with van der Waals surface area (Å²) in [6.45, 7) is 7.03. The highest BCUT2D eigenvalue weighted by atomic mass is 32.2. The number of fused-ring (bicyclic) bond motifs is 1. The first kappa shape index (κ1) is 16.4. The summed E-state index contributed by atoms with van der Waals surface area (Å²) in [5, 5.41) is 14.5. The predicted octanol–water partition coefficient (Wildman–Crippen LogP) is 3.98. The highest BCUT2D eigenvalue weighted by Gasteiger charge is 2.18. The SMILES string of the molecule is CCCNC(CSC(C)C(C)O)c1cc2ccccc2o1. The number of nitrogens with one attached hydrogen (secondary N) is 1. The smallest absolute Gasteiger partial charge is 0.134 e. The molecule has 0 saturated carbocycles. The molecule has 4 heteroatoms. The van der Waals surface area contributed by atoms with Gasteiger partial charge in [0.1, 0.15) is 11.3 Å². The van der Waals surface area contributed by atoms with Gasteiger partial charge in [-0.15, -0.1) is 0 Å². The van der Waals surface area contributed by atoms with Crippen molar-refractivity contribution in [1.29, 1.82) is 0 Å². The Labute approximate surface area is 131 Å². The van der Waals surface area contributed by atoms with E-state index in [9.17, 15) is 5.11 Å². The zero-order chi connectivity index (χ0) is 15.2. The van der Waals surface area contributed by atoms with Gasteiger partial charge in [-0.2, -0.15) is 11.8 Å². The molecule has 116 valence electrons. The minimum Gasteiger partial charge on any atom is -0.459 e. The van der Waals surface area contributed by atoms with Crippen molar-refractivity contribution in [3.63, 3.8) is 0 Å². The van der Waals surface area contributed by atoms with Gasteiger partial charge in [-0.3, -0.25) is 0 Å². The van der Waals surface area contributed by atoms with Gasteiger partial charge in [0.05, 0.1) is 12.1 Å². The molecule has 0 saturated heterocycles. The Kier molecular flexibility index (Phi) is 6.15. The molecular weight excluding hydrogens is 282 g/mol. The molecule has 21 heavy (non-hydrogen) atoms. The van der Waals surface area contributed by atoms with E-state index in [1.165, 1.54) is 0 Å². The summed E-state index contributed by atoms with van der Waals surface area (Å²) in [6, 6.07) is 10.4. The number of hydrogen-bond donors (Lipinski definition) is 2. The van der Waals surface area contributed by atoms with Gasteiger partial charge in [-0.25, -0.2) is 0 Å². The minimum atomic E-state index is -0.294. The van der Waals surface area contributed by atoms with E-state index in [2.05, 4.69) is 31.3 Å². The van der Waals surface area contributed by atoms with Crippen molar-refractivity contribution in [2.45, 2.75) is 44.6 Å². The van der Waals surface area contributed by atoms with Gasteiger partial charge < -0.3 is 14.8 Å². The van der Waals surface area contributed by atoms with Crippen molar-refractivity contribution >= 4 is 22.7 Å². The molecule has 2 rings (SSSR count). The molecule has 0 radical (unpaired) electrons. The summed E-state index contributed by atoms with van der Waals surface area (Å²) >= 11 is 1.78. The lowest BCUT2D eigenvalue weighted by Crippen LogP contribution is -2.26. The Hall–Kier alpha value is -0.970. The summed E-state index contributed by atoms with van der Waals surface area (Å²) in [5.74, 6) is 1.88. The number of benzene rings is 1. The van der Waals surface area contributed by atoms with Crippen LogP contribution in [0.2, 0.25) is 0 Å². The van der Waals surface area contributed by atoms with Crippen LogP contribution in [-0.4, -0.2) is 28.8 Å². The quantitative estimate of drug-likeness (QED) is 0.774. The first-order valence-corrected chi connectivity index (χ1v) is 8.68. The molecule has 1 aromatic heterocycles. The fourth-order valence-corrected chi connectivity index (χ4v) is 3.18. The Morgan fingerprint density at radius 3 is 2.71 bits per heavy atom. The third kappa shape index (κ3) is 4.50. The van der Waals surface area contributed by atoms with E-state index in [1.807, 2.05) is 25.1 Å². The monoisotopic (exact) mass is 307 g/mol. The predicted molar refractivity (Wildman–Crippen MR) is 90.8 cm³/mol. The van der Waals surface area contributed by atoms with Crippen LogP contribution in [0.4, 0.5) is 0 Å². The molecule has 3 nitrogen and oxygen atoms in total. The number of thioether (sulfide) groups is 1. The Balaban J connectivity index is 2.10. The van der Waals surface area contributed by atoms with Gasteiger partial charge in [0.25, 0.3) is 0 Å². The molecule has 3 atom stereocenters. The molecule has 0 spiro atoms. The molecular formula is C17H25NO2S. The second kappa shape index (κ2) is 7.87. The van der Waals surface area contributed by atoms with Crippen LogP contribution in [0.15, 0.2) is 34.7 Å². The van der Waals surface area contributed by atoms with Gasteiger partial charge in [0.15, 0.2) is 0 Å². The van der Waals surface area contributed by atoms with Crippen molar-refractivity contribution in [3.8, 4) is 0 Å². The third-order valence-corrected chi connectivity index (χ3v) is 5.08. The molecule has 1 heterocycles. The lowest BCUT2D eigenvalue weighted by molar-refractivity contribution is 0.196. The molecule has 0 fully saturated rings. The van der Waals surface area contributed by atoms with Gasteiger partial charge in [0, 0.05) is 16.4 Å². The average molecular weight is 307 g/mol. The summed E-state index contributed by atoms with van der Waals surface area (Å²) in [6.07, 6.45) is 0.797. The zero-order valence-corrected chi connectivity index (χ0v) is 13.8. The second-order valence-corrected chi connectivity index (χ2v) is 6.88. The maximum absolute atomic E-state index is 9.63. The van der Waals surface area contributed by atoms with E-state index in [-0.39, 0.29) is 17.4 Å². The standard InChI is InChI=1S/C17H25NO2S/c1-4-9-18-15(11-21-13(3)12(2)19)17-10-14-7-5-6-8-16(14)20-17/h5-8,10,12-13,15,18-19H,4,9,11H2,1-3H3. The van der Waals surface area contributed by atoms with Gasteiger partial charge in [-0.1, -0.05) is 32.0 Å². The first-order valence-electron chi connectivity index (χ1n) is 7.63. The van der Waals surface area contributed by atoms with Crippen LogP contribution in [0, 0.1) is 0 Å². The number of aliphatic hydroxyl groups is 1. The minimum absolute atomic E-state index is 0.184. The van der Waals surface area contributed by atoms with Crippen LogP contribution >= 0.6 is 11.8 Å².